The van der Waals surface area contributed by atoms with Crippen molar-refractivity contribution < 1.29 is 43.5 Å². The van der Waals surface area contributed by atoms with Crippen molar-refractivity contribution in [3.63, 3.8) is 0 Å². The number of aliphatic carboxylic acids is 1. The maximum Gasteiger partial charge on any atom is 0.303 e. The molecular weight excluding hydrogens is 440 g/mol. The van der Waals surface area contributed by atoms with Gasteiger partial charge < -0.3 is 10.4 Å². The van der Waals surface area contributed by atoms with Gasteiger partial charge >= 0.3 is 5.97 Å². The number of carboxylic acid groups (broad SMARTS) is 1. The Bertz CT molecular complexity index is 910. The van der Waals surface area contributed by atoms with Crippen LogP contribution in [0, 0.1) is 0 Å². The van der Waals surface area contributed by atoms with E-state index in [1.165, 1.54) is 0 Å². The first-order valence-electron chi connectivity index (χ1n) is 9.65. The number of amides is 7. The molecule has 13 nitrogen and oxygen atoms in total. The van der Waals surface area contributed by atoms with E-state index in [4.69, 9.17) is 5.11 Å². The molecule has 3 aliphatic rings. The van der Waals surface area contributed by atoms with Crippen molar-refractivity contribution in [1.29, 1.82) is 0 Å². The van der Waals surface area contributed by atoms with Crippen molar-refractivity contribution in [3.05, 3.63) is 36.5 Å². The van der Waals surface area contributed by atoms with Gasteiger partial charge in [0.2, 0.25) is 5.91 Å². The topological polar surface area (TPSA) is 179 Å². The highest BCUT2D eigenvalue weighted by molar-refractivity contribution is 6.14. The first-order chi connectivity index (χ1) is 15.5. The van der Waals surface area contributed by atoms with Crippen molar-refractivity contribution in [3.8, 4) is 0 Å². The standard InChI is InChI=1S/C20H18N4O9/c25-12(1-8-19(32)33)21-20(9-22-13(26)2-3-14(22)27,10-23-15(28)4-5-16(23)29)11-24-17(30)6-7-18(24)31/h2-7H,1,8-11H2,(H,21,25)(H,32,33). The minimum Gasteiger partial charge on any atom is -0.481 e. The van der Waals surface area contributed by atoms with Crippen LogP contribution >= 0.6 is 0 Å². The molecule has 0 aromatic heterocycles. The fourth-order valence-electron chi connectivity index (χ4n) is 3.52. The fourth-order valence-corrected chi connectivity index (χ4v) is 3.52. The van der Waals surface area contributed by atoms with Gasteiger partial charge in [0.05, 0.1) is 31.6 Å². The normalized spacial score (nSPS) is 17.9. The van der Waals surface area contributed by atoms with Gasteiger partial charge in [0, 0.05) is 42.9 Å². The van der Waals surface area contributed by atoms with Crippen LogP contribution in [0.4, 0.5) is 0 Å². The van der Waals surface area contributed by atoms with Crippen molar-refractivity contribution in [2.75, 3.05) is 19.6 Å². The van der Waals surface area contributed by atoms with E-state index >= 15 is 0 Å². The van der Waals surface area contributed by atoms with E-state index in [2.05, 4.69) is 5.32 Å². The summed E-state index contributed by atoms with van der Waals surface area (Å²) in [5, 5.41) is 11.3. The van der Waals surface area contributed by atoms with Gasteiger partial charge in [-0.25, -0.2) is 0 Å². The fraction of sp³-hybridized carbons (Fsp3) is 0.300. The van der Waals surface area contributed by atoms with Crippen molar-refractivity contribution in [1.82, 2.24) is 20.0 Å². The third kappa shape index (κ3) is 5.08. The van der Waals surface area contributed by atoms with Crippen molar-refractivity contribution >= 4 is 47.3 Å². The molecule has 0 aromatic carbocycles. The van der Waals surface area contributed by atoms with Crippen LogP contribution in [0.3, 0.4) is 0 Å². The molecule has 13 heteroatoms. The van der Waals surface area contributed by atoms with Crippen LogP contribution in [0.25, 0.3) is 0 Å². The highest BCUT2D eigenvalue weighted by Gasteiger charge is 2.45. The summed E-state index contributed by atoms with van der Waals surface area (Å²) in [7, 11) is 0. The van der Waals surface area contributed by atoms with Gasteiger partial charge in [-0.15, -0.1) is 0 Å². The monoisotopic (exact) mass is 458 g/mol. The summed E-state index contributed by atoms with van der Waals surface area (Å²) in [4.78, 5) is 98.8. The van der Waals surface area contributed by atoms with E-state index in [9.17, 15) is 38.4 Å². The van der Waals surface area contributed by atoms with Gasteiger partial charge in [-0.05, 0) is 0 Å². The predicted octanol–water partition coefficient (Wildman–Crippen LogP) is -2.52. The number of carbonyl (C=O) groups excluding carboxylic acids is 7. The second-order valence-corrected chi connectivity index (χ2v) is 7.51. The van der Waals surface area contributed by atoms with Gasteiger partial charge in [-0.2, -0.15) is 0 Å². The Morgan fingerprint density at radius 2 is 0.939 bits per heavy atom. The molecule has 0 atom stereocenters. The summed E-state index contributed by atoms with van der Waals surface area (Å²) in [5.74, 6) is -6.64. The Morgan fingerprint density at radius 3 is 1.21 bits per heavy atom. The van der Waals surface area contributed by atoms with E-state index < -0.39 is 85.3 Å². The van der Waals surface area contributed by atoms with Crippen LogP contribution in [-0.4, -0.2) is 92.3 Å². The molecule has 0 unspecified atom stereocenters. The minimum absolute atomic E-state index is 0.516. The van der Waals surface area contributed by atoms with Gasteiger partial charge in [0.25, 0.3) is 35.4 Å². The molecule has 7 amide bonds. The summed E-state index contributed by atoms with van der Waals surface area (Å²) in [5.41, 5.74) is -1.87. The zero-order chi connectivity index (χ0) is 24.3. The third-order valence-corrected chi connectivity index (χ3v) is 5.05. The number of rotatable bonds is 10. The third-order valence-electron chi connectivity index (χ3n) is 5.05. The van der Waals surface area contributed by atoms with Crippen LogP contribution in [0.1, 0.15) is 12.8 Å². The lowest BCUT2D eigenvalue weighted by atomic mass is 9.95. The van der Waals surface area contributed by atoms with Crippen LogP contribution < -0.4 is 5.32 Å². The molecule has 0 fully saturated rings. The lowest BCUT2D eigenvalue weighted by Crippen LogP contribution is -2.67. The predicted molar refractivity (Wildman–Crippen MR) is 105 cm³/mol. The first-order valence-corrected chi connectivity index (χ1v) is 9.65. The number of hydrogen-bond donors (Lipinski definition) is 2. The lowest BCUT2D eigenvalue weighted by molar-refractivity contribution is -0.143. The minimum atomic E-state index is -1.87. The van der Waals surface area contributed by atoms with Gasteiger partial charge in [-0.3, -0.25) is 53.1 Å². The highest BCUT2D eigenvalue weighted by Crippen LogP contribution is 2.21. The number of nitrogens with zero attached hydrogens (tertiary/aromatic N) is 3. The molecule has 172 valence electrons. The second-order valence-electron chi connectivity index (χ2n) is 7.51. The highest BCUT2D eigenvalue weighted by atomic mass is 16.4. The molecule has 3 rings (SSSR count). The number of carbonyl (C=O) groups is 8. The second kappa shape index (κ2) is 8.98. The summed E-state index contributed by atoms with van der Waals surface area (Å²) < 4.78 is 0. The maximum atomic E-state index is 12.6. The Hall–Kier alpha value is -4.42. The zero-order valence-electron chi connectivity index (χ0n) is 17.1. The number of carboxylic acids is 1. The molecule has 0 aromatic rings. The molecule has 0 saturated carbocycles. The van der Waals surface area contributed by atoms with Crippen LogP contribution in [0.15, 0.2) is 36.5 Å². The quantitative estimate of drug-likeness (QED) is 0.334. The molecule has 0 saturated heterocycles. The molecule has 0 radical (unpaired) electrons. The summed E-state index contributed by atoms with van der Waals surface area (Å²) >= 11 is 0. The molecule has 33 heavy (non-hydrogen) atoms. The average molecular weight is 458 g/mol. The van der Waals surface area contributed by atoms with Crippen molar-refractivity contribution in [2.45, 2.75) is 18.4 Å². The number of nitrogens with one attached hydrogen (secondary N) is 1. The Labute approximate surface area is 186 Å². The maximum absolute atomic E-state index is 12.6. The van der Waals surface area contributed by atoms with Gasteiger partial charge in [0.15, 0.2) is 0 Å². The molecular formula is C20H18N4O9. The van der Waals surface area contributed by atoms with E-state index in [1.807, 2.05) is 0 Å². The Morgan fingerprint density at radius 1 is 0.636 bits per heavy atom. The molecule has 0 spiro atoms. The van der Waals surface area contributed by atoms with Crippen LogP contribution in [0.5, 0.6) is 0 Å². The van der Waals surface area contributed by atoms with Crippen molar-refractivity contribution in [2.24, 2.45) is 0 Å². The van der Waals surface area contributed by atoms with E-state index in [-0.39, 0.29) is 0 Å². The molecule has 0 aliphatic carbocycles. The van der Waals surface area contributed by atoms with Crippen LogP contribution in [-0.2, 0) is 38.4 Å². The number of hydrogen-bond acceptors (Lipinski definition) is 8. The molecule has 3 aliphatic heterocycles. The Kier molecular flexibility index (Phi) is 6.33. The Balaban J connectivity index is 1.99. The zero-order valence-corrected chi connectivity index (χ0v) is 17.1. The summed E-state index contributed by atoms with van der Waals surface area (Å²) in [6, 6.07) is 0. The largest absolute Gasteiger partial charge is 0.481 e. The summed E-state index contributed by atoms with van der Waals surface area (Å²) in [6.07, 6.45) is 4.76. The average Bonchev–Trinajstić information content (AvgIpc) is 3.35. The molecule has 2 N–H and O–H groups in total. The first kappa shape index (κ1) is 23.2. The molecule has 0 bridgehead atoms. The summed E-state index contributed by atoms with van der Waals surface area (Å²) in [6.45, 7) is -1.82. The van der Waals surface area contributed by atoms with E-state index in [0.717, 1.165) is 36.5 Å². The number of imide groups is 3. The van der Waals surface area contributed by atoms with E-state index in [1.54, 1.807) is 0 Å². The van der Waals surface area contributed by atoms with Gasteiger partial charge in [0.1, 0.15) is 0 Å². The SMILES string of the molecule is O=C(O)CCC(=O)NC(CN1C(=O)C=CC1=O)(CN1C(=O)C=CC1=O)CN1C(=O)C=CC1=O. The smallest absolute Gasteiger partial charge is 0.303 e. The lowest BCUT2D eigenvalue weighted by Gasteiger charge is -2.41. The van der Waals surface area contributed by atoms with Crippen LogP contribution in [0.2, 0.25) is 0 Å². The molecule has 3 heterocycles. The van der Waals surface area contributed by atoms with E-state index in [0.29, 0.717) is 14.7 Å². The van der Waals surface area contributed by atoms with Gasteiger partial charge in [-0.1, -0.05) is 0 Å².